The van der Waals surface area contributed by atoms with Crippen LogP contribution in [-0.4, -0.2) is 60.5 Å². The van der Waals surface area contributed by atoms with Gasteiger partial charge in [0.05, 0.1) is 21.7 Å². The fourth-order valence-corrected chi connectivity index (χ4v) is 4.40. The Morgan fingerprint density at radius 1 is 1.08 bits per heavy atom. The first-order valence-electron chi connectivity index (χ1n) is 12.4. The molecular formula is C26H35Cl2N3O7. The fraction of sp³-hybridized carbons (Fsp3) is 0.577. The molecule has 0 saturated carbocycles. The van der Waals surface area contributed by atoms with E-state index in [1.54, 1.807) is 26.8 Å². The van der Waals surface area contributed by atoms with Gasteiger partial charge in [0.25, 0.3) is 0 Å². The number of esters is 1. The molecule has 1 saturated heterocycles. The minimum atomic E-state index is -1.15. The van der Waals surface area contributed by atoms with Gasteiger partial charge >= 0.3 is 12.1 Å². The molecule has 2 rings (SSSR count). The highest BCUT2D eigenvalue weighted by atomic mass is 35.5. The average molecular weight is 572 g/mol. The van der Waals surface area contributed by atoms with Gasteiger partial charge in [0.1, 0.15) is 11.6 Å². The van der Waals surface area contributed by atoms with Crippen molar-refractivity contribution in [2.45, 2.75) is 71.6 Å². The fourth-order valence-electron chi connectivity index (χ4n) is 3.85. The molecule has 0 aliphatic carbocycles. The van der Waals surface area contributed by atoms with Crippen molar-refractivity contribution in [3.05, 3.63) is 33.8 Å². The zero-order chi connectivity index (χ0) is 28.6. The number of benzene rings is 1. The number of carbonyl (C=O) groups is 5. The van der Waals surface area contributed by atoms with E-state index in [9.17, 15) is 24.0 Å². The quantitative estimate of drug-likeness (QED) is 0.344. The highest BCUT2D eigenvalue weighted by Gasteiger charge is 2.34. The molecule has 0 spiro atoms. The third kappa shape index (κ3) is 9.79. The van der Waals surface area contributed by atoms with Gasteiger partial charge in [-0.3, -0.25) is 14.4 Å². The Morgan fingerprint density at radius 3 is 2.24 bits per heavy atom. The predicted molar refractivity (Wildman–Crippen MR) is 142 cm³/mol. The number of carbonyl (C=O) groups excluding carboxylic acids is 5. The van der Waals surface area contributed by atoms with Crippen LogP contribution in [0.5, 0.6) is 0 Å². The van der Waals surface area contributed by atoms with Gasteiger partial charge in [0.15, 0.2) is 12.4 Å². The lowest BCUT2D eigenvalue weighted by Crippen LogP contribution is -2.53. The molecule has 1 aromatic rings. The van der Waals surface area contributed by atoms with E-state index in [0.29, 0.717) is 13.0 Å². The Kier molecular flexibility index (Phi) is 11.4. The number of ether oxygens (including phenoxy) is 2. The summed E-state index contributed by atoms with van der Waals surface area (Å²) in [5.74, 6) is -2.88. The zero-order valence-corrected chi connectivity index (χ0v) is 23.7. The summed E-state index contributed by atoms with van der Waals surface area (Å²) >= 11 is 12.1. The third-order valence-electron chi connectivity index (χ3n) is 5.62. The highest BCUT2D eigenvalue weighted by Crippen LogP contribution is 2.25. The number of Topliss-reactive ketones (excluding diaryl/α,β-unsaturated/α-hetero) is 1. The zero-order valence-electron chi connectivity index (χ0n) is 22.2. The van der Waals surface area contributed by atoms with Crippen molar-refractivity contribution in [2.75, 3.05) is 13.2 Å². The van der Waals surface area contributed by atoms with Crippen molar-refractivity contribution in [3.8, 4) is 0 Å². The number of halogens is 2. The number of rotatable bonds is 11. The van der Waals surface area contributed by atoms with Crippen LogP contribution in [0.15, 0.2) is 18.2 Å². The largest absolute Gasteiger partial charge is 0.454 e. The van der Waals surface area contributed by atoms with Crippen LogP contribution in [0.25, 0.3) is 0 Å². The van der Waals surface area contributed by atoms with E-state index in [4.69, 9.17) is 32.7 Å². The van der Waals surface area contributed by atoms with Crippen molar-refractivity contribution in [3.63, 3.8) is 0 Å². The van der Waals surface area contributed by atoms with E-state index < -0.39 is 54.0 Å². The van der Waals surface area contributed by atoms with Crippen molar-refractivity contribution < 1.29 is 33.4 Å². The SMILES string of the molecule is CC(C)C[C@H](NC(=O)OC(C)(C)C)C(=O)N[C@@H](C[C@@H]1CCNC1=O)C(=O)COC(=O)c1c(Cl)cccc1Cl. The second kappa shape index (κ2) is 13.8. The molecule has 10 nitrogen and oxygen atoms in total. The van der Waals surface area contributed by atoms with Crippen molar-refractivity contribution in [2.24, 2.45) is 11.8 Å². The number of hydrogen-bond acceptors (Lipinski definition) is 7. The molecule has 38 heavy (non-hydrogen) atoms. The number of hydrogen-bond donors (Lipinski definition) is 3. The number of alkyl carbamates (subject to hydrolysis) is 1. The molecule has 3 atom stereocenters. The van der Waals surface area contributed by atoms with E-state index in [0.717, 1.165) is 0 Å². The molecule has 210 valence electrons. The summed E-state index contributed by atoms with van der Waals surface area (Å²) in [6.07, 6.45) is -0.0155. The summed E-state index contributed by atoms with van der Waals surface area (Å²) < 4.78 is 10.4. The maximum absolute atomic E-state index is 13.2. The first-order chi connectivity index (χ1) is 17.7. The van der Waals surface area contributed by atoms with Crippen LogP contribution in [-0.2, 0) is 23.9 Å². The topological polar surface area (TPSA) is 140 Å². The van der Waals surface area contributed by atoms with Gasteiger partial charge in [-0.15, -0.1) is 0 Å². The first-order valence-corrected chi connectivity index (χ1v) is 13.1. The van der Waals surface area contributed by atoms with Crippen LogP contribution in [0.4, 0.5) is 4.79 Å². The van der Waals surface area contributed by atoms with E-state index in [2.05, 4.69) is 16.0 Å². The number of ketones is 1. The lowest BCUT2D eigenvalue weighted by atomic mass is 9.95. The molecule has 3 amide bonds. The molecule has 0 aromatic heterocycles. The molecular weight excluding hydrogens is 537 g/mol. The maximum Gasteiger partial charge on any atom is 0.408 e. The third-order valence-corrected chi connectivity index (χ3v) is 6.25. The van der Waals surface area contributed by atoms with Crippen LogP contribution in [0.1, 0.15) is 64.2 Å². The summed E-state index contributed by atoms with van der Waals surface area (Å²) in [6.45, 7) is 8.61. The molecule has 1 aliphatic rings. The van der Waals surface area contributed by atoms with Gasteiger partial charge in [0.2, 0.25) is 11.8 Å². The van der Waals surface area contributed by atoms with Gasteiger partial charge < -0.3 is 25.4 Å². The summed E-state index contributed by atoms with van der Waals surface area (Å²) in [5, 5.41) is 8.02. The van der Waals surface area contributed by atoms with E-state index >= 15 is 0 Å². The van der Waals surface area contributed by atoms with Gasteiger partial charge in [-0.25, -0.2) is 9.59 Å². The Balaban J connectivity index is 2.17. The maximum atomic E-state index is 13.2. The summed E-state index contributed by atoms with van der Waals surface area (Å²) in [6, 6.07) is 2.33. The smallest absolute Gasteiger partial charge is 0.408 e. The molecule has 3 N–H and O–H groups in total. The van der Waals surface area contributed by atoms with Gasteiger partial charge in [-0.05, 0) is 58.1 Å². The standard InChI is InChI=1S/C26H35Cl2N3O7/c1-14(2)11-19(31-25(36)38-26(3,4)5)23(34)30-18(12-15-9-10-29-22(15)33)20(32)13-37-24(35)21-16(27)7-6-8-17(21)28/h6-8,14-15,18-19H,9-13H2,1-5H3,(H,29,33)(H,30,34)(H,31,36)/t15-,18-,19-/m0/s1. The van der Waals surface area contributed by atoms with Crippen LogP contribution in [0, 0.1) is 11.8 Å². The monoisotopic (exact) mass is 571 g/mol. The van der Waals surface area contributed by atoms with E-state index in [1.807, 2.05) is 13.8 Å². The van der Waals surface area contributed by atoms with Crippen molar-refractivity contribution >= 4 is 52.9 Å². The molecule has 0 unspecified atom stereocenters. The number of nitrogens with one attached hydrogen (secondary N) is 3. The molecule has 12 heteroatoms. The lowest BCUT2D eigenvalue weighted by molar-refractivity contribution is -0.132. The highest BCUT2D eigenvalue weighted by molar-refractivity contribution is 6.39. The summed E-state index contributed by atoms with van der Waals surface area (Å²) in [4.78, 5) is 63.4. The Bertz CT molecular complexity index is 1040. The molecule has 0 bridgehead atoms. The van der Waals surface area contributed by atoms with Crippen molar-refractivity contribution in [1.29, 1.82) is 0 Å². The Labute approximate surface area is 232 Å². The second-order valence-corrected chi connectivity index (χ2v) is 11.4. The molecule has 1 aromatic carbocycles. The number of amides is 3. The molecule has 1 heterocycles. The van der Waals surface area contributed by atoms with Crippen molar-refractivity contribution in [1.82, 2.24) is 16.0 Å². The lowest BCUT2D eigenvalue weighted by Gasteiger charge is -2.26. The average Bonchev–Trinajstić information content (AvgIpc) is 3.19. The van der Waals surface area contributed by atoms with E-state index in [1.165, 1.54) is 12.1 Å². The normalized spacial score (nSPS) is 16.8. The Hall–Kier alpha value is -2.85. The summed E-state index contributed by atoms with van der Waals surface area (Å²) in [7, 11) is 0. The second-order valence-electron chi connectivity index (χ2n) is 10.5. The van der Waals surface area contributed by atoms with Crippen LogP contribution >= 0.6 is 23.2 Å². The molecule has 0 radical (unpaired) electrons. The van der Waals surface area contributed by atoms with Crippen LogP contribution in [0.2, 0.25) is 10.0 Å². The minimum Gasteiger partial charge on any atom is -0.454 e. The van der Waals surface area contributed by atoms with Gasteiger partial charge in [-0.2, -0.15) is 0 Å². The summed E-state index contributed by atoms with van der Waals surface area (Å²) in [5.41, 5.74) is -0.857. The van der Waals surface area contributed by atoms with Crippen LogP contribution < -0.4 is 16.0 Å². The van der Waals surface area contributed by atoms with E-state index in [-0.39, 0.29) is 40.3 Å². The minimum absolute atomic E-state index is 0.00163. The van der Waals surface area contributed by atoms with Gasteiger partial charge in [0, 0.05) is 12.5 Å². The van der Waals surface area contributed by atoms with Gasteiger partial charge in [-0.1, -0.05) is 43.1 Å². The predicted octanol–water partition coefficient (Wildman–Crippen LogP) is 3.67. The molecule has 1 fully saturated rings. The Morgan fingerprint density at radius 2 is 1.71 bits per heavy atom. The first kappa shape index (κ1) is 31.4. The molecule has 1 aliphatic heterocycles. The van der Waals surface area contributed by atoms with Crippen LogP contribution in [0.3, 0.4) is 0 Å².